The molecule has 0 saturated carbocycles. The number of hydrogen-bond acceptors (Lipinski definition) is 4. The maximum Gasteiger partial charge on any atom is 0.159 e. The fraction of sp³-hybridized carbons (Fsp3) is 0.524. The molecule has 25 heavy (non-hydrogen) atoms. The van der Waals surface area contributed by atoms with Crippen LogP contribution < -0.4 is 9.47 Å². The predicted octanol–water partition coefficient (Wildman–Crippen LogP) is 5.53. The highest BCUT2D eigenvalue weighted by Gasteiger charge is 2.04. The summed E-state index contributed by atoms with van der Waals surface area (Å²) >= 11 is 0. The largest absolute Gasteiger partial charge is 0.494 e. The Morgan fingerprint density at radius 3 is 2.20 bits per heavy atom. The van der Waals surface area contributed by atoms with Gasteiger partial charge in [0.05, 0.1) is 25.6 Å². The molecule has 2 aromatic rings. The summed E-state index contributed by atoms with van der Waals surface area (Å²) in [4.78, 5) is 8.81. The Morgan fingerprint density at radius 2 is 1.56 bits per heavy atom. The first-order valence-corrected chi connectivity index (χ1v) is 9.41. The molecule has 1 aromatic heterocycles. The van der Waals surface area contributed by atoms with Gasteiger partial charge in [-0.3, -0.25) is 0 Å². The van der Waals surface area contributed by atoms with Gasteiger partial charge in [0, 0.05) is 5.56 Å². The Balaban J connectivity index is 1.84. The van der Waals surface area contributed by atoms with Gasteiger partial charge in [0.1, 0.15) is 5.75 Å². The maximum absolute atomic E-state index is 5.73. The van der Waals surface area contributed by atoms with E-state index in [9.17, 15) is 0 Å². The number of aromatic nitrogens is 2. The lowest BCUT2D eigenvalue weighted by molar-refractivity contribution is 0.280. The molecule has 0 N–H and O–H groups in total. The number of ether oxygens (including phenoxy) is 2. The molecule has 0 radical (unpaired) electrons. The Hall–Kier alpha value is -2.10. The van der Waals surface area contributed by atoms with Crippen molar-refractivity contribution in [1.82, 2.24) is 9.97 Å². The molecule has 0 fully saturated rings. The topological polar surface area (TPSA) is 44.2 Å². The van der Waals surface area contributed by atoms with E-state index in [0.717, 1.165) is 36.5 Å². The highest BCUT2D eigenvalue weighted by atomic mass is 16.5. The van der Waals surface area contributed by atoms with Crippen molar-refractivity contribution in [1.29, 1.82) is 0 Å². The van der Waals surface area contributed by atoms with E-state index in [1.807, 2.05) is 24.3 Å². The molecule has 1 atom stereocenters. The van der Waals surface area contributed by atoms with Gasteiger partial charge < -0.3 is 9.47 Å². The average Bonchev–Trinajstić information content (AvgIpc) is 2.66. The lowest BCUT2D eigenvalue weighted by atomic mass is 10.1. The second kappa shape index (κ2) is 10.7. The standard InChI is InChI=1S/C21H30N2O2/c1-4-6-7-13-24-19-10-8-18(9-11-19)21-22-15-20(16-23-21)25-14-12-17(3)5-2/h8-11,15-17H,4-7,12-14H2,1-3H3. The first-order chi connectivity index (χ1) is 12.2. The summed E-state index contributed by atoms with van der Waals surface area (Å²) in [6, 6.07) is 7.93. The molecule has 4 nitrogen and oxygen atoms in total. The van der Waals surface area contributed by atoms with Gasteiger partial charge in [-0.25, -0.2) is 9.97 Å². The third-order valence-electron chi connectivity index (χ3n) is 4.33. The van der Waals surface area contributed by atoms with E-state index >= 15 is 0 Å². The summed E-state index contributed by atoms with van der Waals surface area (Å²) in [7, 11) is 0. The minimum Gasteiger partial charge on any atom is -0.494 e. The predicted molar refractivity (Wildman–Crippen MR) is 102 cm³/mol. The molecule has 0 amide bonds. The van der Waals surface area contributed by atoms with Crippen LogP contribution in [0.25, 0.3) is 11.4 Å². The van der Waals surface area contributed by atoms with Gasteiger partial charge in [0.2, 0.25) is 0 Å². The molecule has 1 heterocycles. The van der Waals surface area contributed by atoms with Crippen molar-refractivity contribution in [2.75, 3.05) is 13.2 Å². The van der Waals surface area contributed by atoms with Gasteiger partial charge in [-0.15, -0.1) is 0 Å². The van der Waals surface area contributed by atoms with Crippen molar-refractivity contribution in [3.05, 3.63) is 36.7 Å². The molecule has 0 aliphatic rings. The van der Waals surface area contributed by atoms with Crippen LogP contribution >= 0.6 is 0 Å². The first kappa shape index (κ1) is 19.2. The van der Waals surface area contributed by atoms with Gasteiger partial charge in [0.15, 0.2) is 11.6 Å². The summed E-state index contributed by atoms with van der Waals surface area (Å²) in [5, 5.41) is 0. The molecule has 1 unspecified atom stereocenters. The number of hydrogen-bond donors (Lipinski definition) is 0. The SMILES string of the molecule is CCCCCOc1ccc(-c2ncc(OCCC(C)CC)cn2)cc1. The van der Waals surface area contributed by atoms with Crippen LogP contribution in [0.4, 0.5) is 0 Å². The highest BCUT2D eigenvalue weighted by molar-refractivity contribution is 5.56. The Labute approximate surface area is 151 Å². The Bertz CT molecular complexity index is 596. The zero-order valence-electron chi connectivity index (χ0n) is 15.7. The van der Waals surface area contributed by atoms with Crippen molar-refractivity contribution in [3.8, 4) is 22.9 Å². The summed E-state index contributed by atoms with van der Waals surface area (Å²) in [5.74, 6) is 3.00. The van der Waals surface area contributed by atoms with E-state index in [0.29, 0.717) is 18.3 Å². The molecular formula is C21H30N2O2. The first-order valence-electron chi connectivity index (χ1n) is 9.41. The van der Waals surface area contributed by atoms with Crippen LogP contribution in [0.2, 0.25) is 0 Å². The lowest BCUT2D eigenvalue weighted by Crippen LogP contribution is -2.04. The molecule has 0 bridgehead atoms. The van der Waals surface area contributed by atoms with Gasteiger partial charge in [-0.2, -0.15) is 0 Å². The van der Waals surface area contributed by atoms with E-state index in [2.05, 4.69) is 30.7 Å². The molecule has 0 spiro atoms. The minimum atomic E-state index is 0.683. The summed E-state index contributed by atoms with van der Waals surface area (Å²) < 4.78 is 11.4. The van der Waals surface area contributed by atoms with Crippen LogP contribution in [0.1, 0.15) is 52.9 Å². The molecule has 1 aromatic carbocycles. The highest BCUT2D eigenvalue weighted by Crippen LogP contribution is 2.21. The zero-order valence-corrected chi connectivity index (χ0v) is 15.7. The van der Waals surface area contributed by atoms with Gasteiger partial charge in [-0.05, 0) is 43.0 Å². The van der Waals surface area contributed by atoms with E-state index in [-0.39, 0.29) is 0 Å². The van der Waals surface area contributed by atoms with Crippen molar-refractivity contribution < 1.29 is 9.47 Å². The van der Waals surface area contributed by atoms with Gasteiger partial charge in [0.25, 0.3) is 0 Å². The molecule has 0 aliphatic carbocycles. The Kier molecular flexibility index (Phi) is 8.23. The molecule has 136 valence electrons. The summed E-state index contributed by atoms with van der Waals surface area (Å²) in [6.07, 6.45) is 9.23. The smallest absolute Gasteiger partial charge is 0.159 e. The number of unbranched alkanes of at least 4 members (excludes halogenated alkanes) is 2. The lowest BCUT2D eigenvalue weighted by Gasteiger charge is -2.10. The van der Waals surface area contributed by atoms with Crippen molar-refractivity contribution >= 4 is 0 Å². The second-order valence-electron chi connectivity index (χ2n) is 6.47. The third-order valence-corrected chi connectivity index (χ3v) is 4.33. The monoisotopic (exact) mass is 342 g/mol. The van der Waals surface area contributed by atoms with Crippen LogP contribution in [0.3, 0.4) is 0 Å². The van der Waals surface area contributed by atoms with Gasteiger partial charge in [-0.1, -0.05) is 40.0 Å². The van der Waals surface area contributed by atoms with E-state index in [1.54, 1.807) is 12.4 Å². The van der Waals surface area contributed by atoms with Crippen molar-refractivity contribution in [2.45, 2.75) is 52.9 Å². The van der Waals surface area contributed by atoms with Crippen LogP contribution in [-0.2, 0) is 0 Å². The number of benzene rings is 1. The average molecular weight is 342 g/mol. The molecule has 0 saturated heterocycles. The fourth-order valence-electron chi connectivity index (χ4n) is 2.36. The van der Waals surface area contributed by atoms with Crippen LogP contribution in [-0.4, -0.2) is 23.2 Å². The molecule has 0 aliphatic heterocycles. The molecular weight excluding hydrogens is 312 g/mol. The quantitative estimate of drug-likeness (QED) is 0.504. The van der Waals surface area contributed by atoms with Crippen LogP contribution in [0, 0.1) is 5.92 Å². The normalized spacial score (nSPS) is 12.0. The van der Waals surface area contributed by atoms with Crippen molar-refractivity contribution in [3.63, 3.8) is 0 Å². The van der Waals surface area contributed by atoms with Crippen LogP contribution in [0.5, 0.6) is 11.5 Å². The number of rotatable bonds is 11. The van der Waals surface area contributed by atoms with E-state index in [1.165, 1.54) is 19.3 Å². The maximum atomic E-state index is 5.73. The van der Waals surface area contributed by atoms with Crippen LogP contribution in [0.15, 0.2) is 36.7 Å². The summed E-state index contributed by atoms with van der Waals surface area (Å²) in [5.41, 5.74) is 0.979. The van der Waals surface area contributed by atoms with Crippen molar-refractivity contribution in [2.24, 2.45) is 5.92 Å². The van der Waals surface area contributed by atoms with E-state index in [4.69, 9.17) is 9.47 Å². The van der Waals surface area contributed by atoms with Gasteiger partial charge >= 0.3 is 0 Å². The minimum absolute atomic E-state index is 0.683. The van der Waals surface area contributed by atoms with E-state index < -0.39 is 0 Å². The number of nitrogens with zero attached hydrogens (tertiary/aromatic N) is 2. The second-order valence-corrected chi connectivity index (χ2v) is 6.47. The third kappa shape index (κ3) is 6.73. The summed E-state index contributed by atoms with van der Waals surface area (Å²) in [6.45, 7) is 8.11. The molecule has 2 rings (SSSR count). The Morgan fingerprint density at radius 1 is 0.880 bits per heavy atom. The zero-order chi connectivity index (χ0) is 17.9. The fourth-order valence-corrected chi connectivity index (χ4v) is 2.36. The molecule has 4 heteroatoms.